The van der Waals surface area contributed by atoms with Gasteiger partial charge in [-0.2, -0.15) is 0 Å². The lowest BCUT2D eigenvalue weighted by Gasteiger charge is -2.01. The molecule has 0 amide bonds. The predicted molar refractivity (Wildman–Crippen MR) is 60.7 cm³/mol. The number of hydrogen-bond acceptors (Lipinski definition) is 2. The maximum absolute atomic E-state index is 13.0. The van der Waals surface area contributed by atoms with Crippen molar-refractivity contribution < 1.29 is 9.50 Å². The van der Waals surface area contributed by atoms with Gasteiger partial charge in [-0.05, 0) is 24.1 Å². The van der Waals surface area contributed by atoms with E-state index in [4.69, 9.17) is 17.1 Å². The van der Waals surface area contributed by atoms with E-state index in [1.807, 2.05) is 0 Å². The second-order valence-electron chi connectivity index (χ2n) is 2.97. The van der Waals surface area contributed by atoms with Crippen molar-refractivity contribution in [3.63, 3.8) is 0 Å². The third kappa shape index (κ3) is 3.46. The van der Waals surface area contributed by atoms with Crippen LogP contribution in [0.5, 0.6) is 5.75 Å². The molecule has 0 aliphatic carbocycles. The van der Waals surface area contributed by atoms with Crippen LogP contribution in [0.2, 0.25) is 5.02 Å². The molecular formula is C10H9ClFN3O. The second-order valence-corrected chi connectivity index (χ2v) is 3.41. The Morgan fingerprint density at radius 3 is 3.00 bits per heavy atom. The van der Waals surface area contributed by atoms with Crippen LogP contribution in [-0.2, 0) is 0 Å². The number of hydrogen-bond donors (Lipinski definition) is 1. The van der Waals surface area contributed by atoms with E-state index in [1.165, 1.54) is 12.1 Å². The first-order valence-electron chi connectivity index (χ1n) is 4.50. The van der Waals surface area contributed by atoms with E-state index in [0.29, 0.717) is 18.5 Å². The summed E-state index contributed by atoms with van der Waals surface area (Å²) in [5.41, 5.74) is 8.32. The number of halogens is 2. The zero-order chi connectivity index (χ0) is 12.0. The molecule has 0 aliphatic heterocycles. The van der Waals surface area contributed by atoms with Crippen molar-refractivity contribution in [1.29, 1.82) is 0 Å². The minimum absolute atomic E-state index is 0.213. The number of aromatic hydroxyl groups is 1. The molecule has 4 nitrogen and oxygen atoms in total. The number of rotatable bonds is 4. The fourth-order valence-corrected chi connectivity index (χ4v) is 1.31. The van der Waals surface area contributed by atoms with E-state index in [0.717, 1.165) is 6.07 Å². The van der Waals surface area contributed by atoms with Gasteiger partial charge in [0, 0.05) is 22.0 Å². The Hall–Kier alpha value is -1.71. The van der Waals surface area contributed by atoms with Crippen molar-refractivity contribution in [2.75, 3.05) is 6.54 Å². The number of benzene rings is 1. The van der Waals surface area contributed by atoms with Crippen molar-refractivity contribution in [3.8, 4) is 5.75 Å². The first kappa shape index (κ1) is 12.4. The van der Waals surface area contributed by atoms with Crippen molar-refractivity contribution >= 4 is 17.7 Å². The minimum atomic E-state index is -0.762. The molecule has 0 radical (unpaired) electrons. The molecule has 0 saturated heterocycles. The lowest BCUT2D eigenvalue weighted by molar-refractivity contribution is 0.431. The SMILES string of the molecule is [N-]=[N+]=NCCC=Cc1cc(Cl)cc(F)c1O. The zero-order valence-corrected chi connectivity index (χ0v) is 9.02. The zero-order valence-electron chi connectivity index (χ0n) is 8.27. The Kier molecular flexibility index (Phi) is 4.64. The molecule has 1 aromatic rings. The maximum atomic E-state index is 13.0. The molecule has 0 saturated carbocycles. The van der Waals surface area contributed by atoms with Gasteiger partial charge in [0.05, 0.1) is 0 Å². The summed E-state index contributed by atoms with van der Waals surface area (Å²) < 4.78 is 13.0. The summed E-state index contributed by atoms with van der Waals surface area (Å²) in [7, 11) is 0. The molecule has 16 heavy (non-hydrogen) atoms. The van der Waals surface area contributed by atoms with Crippen LogP contribution in [-0.4, -0.2) is 11.7 Å². The third-order valence-electron chi connectivity index (χ3n) is 1.81. The maximum Gasteiger partial charge on any atom is 0.166 e. The van der Waals surface area contributed by atoms with Gasteiger partial charge in [0.1, 0.15) is 0 Å². The Morgan fingerprint density at radius 1 is 1.56 bits per heavy atom. The smallest absolute Gasteiger partial charge is 0.166 e. The Bertz CT molecular complexity index is 456. The van der Waals surface area contributed by atoms with Crippen LogP contribution in [0, 0.1) is 5.82 Å². The van der Waals surface area contributed by atoms with Crippen LogP contribution in [0.3, 0.4) is 0 Å². The fraction of sp³-hybridized carbons (Fsp3) is 0.200. The molecule has 0 heterocycles. The molecule has 0 bridgehead atoms. The largest absolute Gasteiger partial charge is 0.504 e. The van der Waals surface area contributed by atoms with Gasteiger partial charge in [-0.25, -0.2) is 4.39 Å². The first-order chi connectivity index (χ1) is 7.65. The second kappa shape index (κ2) is 6.00. The lowest BCUT2D eigenvalue weighted by atomic mass is 10.1. The van der Waals surface area contributed by atoms with E-state index >= 15 is 0 Å². The van der Waals surface area contributed by atoms with Crippen LogP contribution >= 0.6 is 11.6 Å². The highest BCUT2D eigenvalue weighted by molar-refractivity contribution is 6.30. The molecule has 84 valence electrons. The Labute approximate surface area is 96.6 Å². The summed E-state index contributed by atoms with van der Waals surface area (Å²) in [5, 5.41) is 12.9. The molecule has 0 atom stereocenters. The summed E-state index contributed by atoms with van der Waals surface area (Å²) >= 11 is 5.63. The number of nitrogens with zero attached hydrogens (tertiary/aromatic N) is 3. The van der Waals surface area contributed by atoms with Crippen molar-refractivity contribution in [2.24, 2.45) is 5.11 Å². The van der Waals surface area contributed by atoms with Crippen molar-refractivity contribution in [3.05, 3.63) is 45.1 Å². The Balaban J connectivity index is 2.76. The average Bonchev–Trinajstić information content (AvgIpc) is 2.24. The van der Waals surface area contributed by atoms with E-state index in [9.17, 15) is 9.50 Å². The normalized spacial score (nSPS) is 10.4. The fourth-order valence-electron chi connectivity index (χ4n) is 1.10. The summed E-state index contributed by atoms with van der Waals surface area (Å²) in [6, 6.07) is 2.48. The van der Waals surface area contributed by atoms with Crippen LogP contribution in [0.4, 0.5) is 4.39 Å². The van der Waals surface area contributed by atoms with E-state index in [1.54, 1.807) is 6.08 Å². The van der Waals surface area contributed by atoms with Crippen LogP contribution in [0.25, 0.3) is 16.5 Å². The molecule has 0 unspecified atom stereocenters. The average molecular weight is 242 g/mol. The van der Waals surface area contributed by atoms with Gasteiger partial charge >= 0.3 is 0 Å². The Morgan fingerprint density at radius 2 is 2.31 bits per heavy atom. The van der Waals surface area contributed by atoms with Gasteiger partial charge in [-0.15, -0.1) is 0 Å². The van der Waals surface area contributed by atoms with E-state index in [2.05, 4.69) is 10.0 Å². The quantitative estimate of drug-likeness (QED) is 0.369. The van der Waals surface area contributed by atoms with Crippen molar-refractivity contribution in [1.82, 2.24) is 0 Å². The van der Waals surface area contributed by atoms with Crippen LogP contribution in [0.1, 0.15) is 12.0 Å². The topological polar surface area (TPSA) is 69.0 Å². The summed E-state index contributed by atoms with van der Waals surface area (Å²) in [4.78, 5) is 2.59. The predicted octanol–water partition coefficient (Wildman–Crippen LogP) is 3.90. The molecule has 6 heteroatoms. The van der Waals surface area contributed by atoms with Gasteiger partial charge in [-0.1, -0.05) is 28.9 Å². The van der Waals surface area contributed by atoms with Gasteiger partial charge in [0.25, 0.3) is 0 Å². The first-order valence-corrected chi connectivity index (χ1v) is 4.88. The third-order valence-corrected chi connectivity index (χ3v) is 2.03. The van der Waals surface area contributed by atoms with Gasteiger partial charge in [-0.3, -0.25) is 0 Å². The highest BCUT2D eigenvalue weighted by atomic mass is 35.5. The highest BCUT2D eigenvalue weighted by Crippen LogP contribution is 2.26. The number of phenolic OH excluding ortho intramolecular Hbond substituents is 1. The molecule has 0 spiro atoms. The van der Waals surface area contributed by atoms with Crippen molar-refractivity contribution in [2.45, 2.75) is 6.42 Å². The van der Waals surface area contributed by atoms with E-state index < -0.39 is 11.6 Å². The molecule has 1 N–H and O–H groups in total. The summed E-state index contributed by atoms with van der Waals surface area (Å²) in [5.74, 6) is -1.20. The van der Waals surface area contributed by atoms with E-state index in [-0.39, 0.29) is 5.02 Å². The van der Waals surface area contributed by atoms with Crippen LogP contribution < -0.4 is 0 Å². The van der Waals surface area contributed by atoms with Gasteiger partial charge in [0.2, 0.25) is 0 Å². The van der Waals surface area contributed by atoms with Gasteiger partial charge < -0.3 is 5.11 Å². The molecular weight excluding hydrogens is 233 g/mol. The molecule has 1 aromatic carbocycles. The molecule has 0 fully saturated rings. The van der Waals surface area contributed by atoms with Crippen LogP contribution in [0.15, 0.2) is 23.3 Å². The molecule has 1 rings (SSSR count). The lowest BCUT2D eigenvalue weighted by Crippen LogP contribution is -1.82. The molecule has 0 aliphatic rings. The molecule has 0 aromatic heterocycles. The monoisotopic (exact) mass is 241 g/mol. The number of azide groups is 1. The summed E-state index contributed by atoms with van der Waals surface area (Å²) in [6.45, 7) is 0.316. The summed E-state index contributed by atoms with van der Waals surface area (Å²) in [6.07, 6.45) is 3.70. The highest BCUT2D eigenvalue weighted by Gasteiger charge is 2.06. The standard InChI is InChI=1S/C10H9ClFN3O/c11-8-5-7(10(16)9(12)6-8)3-1-2-4-14-15-13/h1,3,5-6,16H,2,4H2. The van der Waals surface area contributed by atoms with Gasteiger partial charge in [0.15, 0.2) is 11.6 Å². The number of phenols is 1. The minimum Gasteiger partial charge on any atom is -0.504 e.